The molecule has 0 bridgehead atoms. The fourth-order valence-electron chi connectivity index (χ4n) is 2.46. The van der Waals surface area contributed by atoms with E-state index in [0.29, 0.717) is 24.7 Å². The molecular formula is C26H18O2. The minimum absolute atomic E-state index is 0.465. The highest BCUT2D eigenvalue weighted by Gasteiger charge is 2.04. The van der Waals surface area contributed by atoms with E-state index in [1.54, 1.807) is 0 Å². The van der Waals surface area contributed by atoms with E-state index < -0.39 is 0 Å². The SMILES string of the molecule is C#CC#CC#Cc1cc(OCc2ccccc2)cc(OCc2ccccc2)c1. The van der Waals surface area contributed by atoms with Crippen LogP contribution in [0.15, 0.2) is 78.9 Å². The molecule has 3 aromatic rings. The maximum atomic E-state index is 5.94. The highest BCUT2D eigenvalue weighted by atomic mass is 16.5. The topological polar surface area (TPSA) is 18.5 Å². The van der Waals surface area contributed by atoms with Gasteiger partial charge in [0.15, 0.2) is 0 Å². The second-order valence-corrected chi connectivity index (χ2v) is 5.89. The molecule has 2 heteroatoms. The van der Waals surface area contributed by atoms with Crippen molar-refractivity contribution in [2.75, 3.05) is 0 Å². The van der Waals surface area contributed by atoms with Crippen LogP contribution >= 0.6 is 0 Å². The van der Waals surface area contributed by atoms with Gasteiger partial charge in [-0.1, -0.05) is 66.6 Å². The molecule has 0 atom stereocenters. The second-order valence-electron chi connectivity index (χ2n) is 5.89. The smallest absolute Gasteiger partial charge is 0.124 e. The molecule has 0 aliphatic heterocycles. The van der Waals surface area contributed by atoms with Gasteiger partial charge in [-0.05, 0) is 46.9 Å². The third-order valence-electron chi connectivity index (χ3n) is 3.78. The molecule has 28 heavy (non-hydrogen) atoms. The van der Waals surface area contributed by atoms with Gasteiger partial charge in [0.2, 0.25) is 0 Å². The van der Waals surface area contributed by atoms with Crippen molar-refractivity contribution in [3.63, 3.8) is 0 Å². The van der Waals surface area contributed by atoms with Crippen molar-refractivity contribution in [1.29, 1.82) is 0 Å². The predicted octanol–water partition coefficient (Wildman–Crippen LogP) is 4.83. The largest absolute Gasteiger partial charge is 0.489 e. The standard InChI is InChI=1S/C26H18O2/c1-2-3-4-7-16-24-17-25(27-20-22-12-8-5-9-13-22)19-26(18-24)28-21-23-14-10-6-11-15-23/h1,5-6,8-15,17-19H,20-21H2. The Morgan fingerprint density at radius 1 is 0.643 bits per heavy atom. The molecule has 0 saturated carbocycles. The Kier molecular flexibility index (Phi) is 6.81. The molecule has 0 saturated heterocycles. The van der Waals surface area contributed by atoms with E-state index >= 15 is 0 Å². The summed E-state index contributed by atoms with van der Waals surface area (Å²) in [4.78, 5) is 0. The highest BCUT2D eigenvalue weighted by molar-refractivity contribution is 5.49. The number of terminal acetylenes is 1. The van der Waals surface area contributed by atoms with Gasteiger partial charge in [0, 0.05) is 11.6 Å². The third kappa shape index (κ3) is 6.03. The number of hydrogen-bond acceptors (Lipinski definition) is 2. The summed E-state index contributed by atoms with van der Waals surface area (Å²) >= 11 is 0. The molecule has 0 N–H and O–H groups in total. The van der Waals surface area contributed by atoms with E-state index in [9.17, 15) is 0 Å². The Hall–Kier alpha value is -4.06. The number of rotatable bonds is 6. The van der Waals surface area contributed by atoms with E-state index in [-0.39, 0.29) is 0 Å². The molecule has 134 valence electrons. The van der Waals surface area contributed by atoms with E-state index in [1.807, 2.05) is 78.9 Å². The van der Waals surface area contributed by atoms with Crippen LogP contribution in [0.4, 0.5) is 0 Å². The fourth-order valence-corrected chi connectivity index (χ4v) is 2.46. The van der Waals surface area contributed by atoms with Crippen molar-refractivity contribution in [2.24, 2.45) is 0 Å². The summed E-state index contributed by atoms with van der Waals surface area (Å²) < 4.78 is 11.9. The maximum absolute atomic E-state index is 5.94. The first-order valence-electron chi connectivity index (χ1n) is 8.78. The summed E-state index contributed by atoms with van der Waals surface area (Å²) in [5, 5.41) is 0. The lowest BCUT2D eigenvalue weighted by atomic mass is 10.2. The van der Waals surface area contributed by atoms with Crippen LogP contribution in [-0.4, -0.2) is 0 Å². The first-order valence-corrected chi connectivity index (χ1v) is 8.78. The van der Waals surface area contributed by atoms with Crippen molar-refractivity contribution in [3.8, 4) is 47.5 Å². The minimum Gasteiger partial charge on any atom is -0.489 e. The van der Waals surface area contributed by atoms with Crippen molar-refractivity contribution < 1.29 is 9.47 Å². The molecule has 0 amide bonds. The lowest BCUT2D eigenvalue weighted by Crippen LogP contribution is -1.98. The van der Waals surface area contributed by atoms with Crippen LogP contribution in [0.3, 0.4) is 0 Å². The first kappa shape index (κ1) is 18.7. The minimum atomic E-state index is 0.465. The molecular weight excluding hydrogens is 344 g/mol. The molecule has 3 aromatic carbocycles. The fraction of sp³-hybridized carbons (Fsp3) is 0.0769. The summed E-state index contributed by atoms with van der Waals surface area (Å²) in [7, 11) is 0. The quantitative estimate of drug-likeness (QED) is 0.585. The van der Waals surface area contributed by atoms with Crippen LogP contribution in [0, 0.1) is 36.0 Å². The monoisotopic (exact) mass is 362 g/mol. The summed E-state index contributed by atoms with van der Waals surface area (Å²) in [6.45, 7) is 0.930. The van der Waals surface area contributed by atoms with Gasteiger partial charge in [-0.3, -0.25) is 0 Å². The number of hydrogen-bond donors (Lipinski definition) is 0. The van der Waals surface area contributed by atoms with Crippen LogP contribution in [-0.2, 0) is 13.2 Å². The van der Waals surface area contributed by atoms with Crippen molar-refractivity contribution in [2.45, 2.75) is 13.2 Å². The third-order valence-corrected chi connectivity index (χ3v) is 3.78. The average molecular weight is 362 g/mol. The van der Waals surface area contributed by atoms with Crippen molar-refractivity contribution in [3.05, 3.63) is 95.6 Å². The van der Waals surface area contributed by atoms with Crippen molar-refractivity contribution >= 4 is 0 Å². The summed E-state index contributed by atoms with van der Waals surface area (Å²) in [6, 6.07) is 25.6. The molecule has 0 aliphatic carbocycles. The average Bonchev–Trinajstić information content (AvgIpc) is 2.75. The second kappa shape index (κ2) is 10.2. The van der Waals surface area contributed by atoms with Crippen LogP contribution in [0.25, 0.3) is 0 Å². The van der Waals surface area contributed by atoms with Crippen molar-refractivity contribution in [1.82, 2.24) is 0 Å². The van der Waals surface area contributed by atoms with Gasteiger partial charge in [0.05, 0.1) is 0 Å². The van der Waals surface area contributed by atoms with E-state index in [0.717, 1.165) is 16.7 Å². The molecule has 0 aliphatic rings. The zero-order valence-corrected chi connectivity index (χ0v) is 15.3. The maximum Gasteiger partial charge on any atom is 0.124 e. The van der Waals surface area contributed by atoms with Crippen LogP contribution in [0.2, 0.25) is 0 Å². The Morgan fingerprint density at radius 3 is 1.68 bits per heavy atom. The number of benzene rings is 3. The van der Waals surface area contributed by atoms with Crippen LogP contribution < -0.4 is 9.47 Å². The zero-order chi connectivity index (χ0) is 19.4. The first-order chi connectivity index (χ1) is 13.8. The van der Waals surface area contributed by atoms with E-state index in [2.05, 4.69) is 29.6 Å². The lowest BCUT2D eigenvalue weighted by molar-refractivity contribution is 0.290. The van der Waals surface area contributed by atoms with Gasteiger partial charge < -0.3 is 9.47 Å². The molecule has 0 radical (unpaired) electrons. The summed E-state index contributed by atoms with van der Waals surface area (Å²) in [5.74, 6) is 14.4. The molecule has 0 fully saturated rings. The van der Waals surface area contributed by atoms with Crippen LogP contribution in [0.5, 0.6) is 11.5 Å². The van der Waals surface area contributed by atoms with E-state index in [4.69, 9.17) is 15.9 Å². The predicted molar refractivity (Wildman–Crippen MR) is 111 cm³/mol. The van der Waals surface area contributed by atoms with Crippen LogP contribution in [0.1, 0.15) is 16.7 Å². The van der Waals surface area contributed by atoms with Gasteiger partial charge in [-0.15, -0.1) is 6.42 Å². The molecule has 0 unspecified atom stereocenters. The highest BCUT2D eigenvalue weighted by Crippen LogP contribution is 2.24. The van der Waals surface area contributed by atoms with Gasteiger partial charge in [0.1, 0.15) is 24.7 Å². The Balaban J connectivity index is 1.78. The Labute approximate surface area is 166 Å². The molecule has 2 nitrogen and oxygen atoms in total. The number of ether oxygens (including phenoxy) is 2. The van der Waals surface area contributed by atoms with Gasteiger partial charge in [-0.25, -0.2) is 0 Å². The molecule has 0 heterocycles. The molecule has 0 aromatic heterocycles. The zero-order valence-electron chi connectivity index (χ0n) is 15.3. The summed E-state index contributed by atoms with van der Waals surface area (Å²) in [5.41, 5.74) is 2.93. The molecule has 0 spiro atoms. The summed E-state index contributed by atoms with van der Waals surface area (Å²) in [6.07, 6.45) is 5.11. The normalized spacial score (nSPS) is 9.11. The lowest BCUT2D eigenvalue weighted by Gasteiger charge is -2.11. The van der Waals surface area contributed by atoms with Gasteiger partial charge in [0.25, 0.3) is 0 Å². The van der Waals surface area contributed by atoms with E-state index in [1.165, 1.54) is 0 Å². The Morgan fingerprint density at radius 2 is 1.18 bits per heavy atom. The van der Waals surface area contributed by atoms with Gasteiger partial charge in [-0.2, -0.15) is 0 Å². The Bertz CT molecular complexity index is 1010. The van der Waals surface area contributed by atoms with Gasteiger partial charge >= 0.3 is 0 Å². The molecule has 3 rings (SSSR count).